The van der Waals surface area contributed by atoms with Crippen molar-refractivity contribution >= 4 is 6.08 Å². The first-order valence-corrected chi connectivity index (χ1v) is 7.17. The van der Waals surface area contributed by atoms with E-state index >= 15 is 0 Å². The Morgan fingerprint density at radius 2 is 2.05 bits per heavy atom. The van der Waals surface area contributed by atoms with Crippen molar-refractivity contribution in [2.24, 2.45) is 5.92 Å². The summed E-state index contributed by atoms with van der Waals surface area (Å²) in [5, 5.41) is 3.49. The molecule has 0 aromatic heterocycles. The van der Waals surface area contributed by atoms with E-state index < -0.39 is 0 Å². The first-order chi connectivity index (χ1) is 9.19. The normalized spacial score (nSPS) is 12.2. The average Bonchev–Trinajstić information content (AvgIpc) is 2.40. The van der Waals surface area contributed by atoms with Crippen LogP contribution in [0, 0.1) is 5.92 Å². The third kappa shape index (κ3) is 5.58. The zero-order valence-corrected chi connectivity index (χ0v) is 12.7. The lowest BCUT2D eigenvalue weighted by molar-refractivity contribution is 0.184. The summed E-state index contributed by atoms with van der Waals surface area (Å²) in [5.41, 5.74) is 3.96. The third-order valence-corrected chi connectivity index (χ3v) is 3.19. The Bertz CT molecular complexity index is 396. The molecule has 1 rings (SSSR count). The smallest absolute Gasteiger partial charge is 0.0718 e. The zero-order valence-electron chi connectivity index (χ0n) is 12.7. The Morgan fingerprint density at radius 1 is 1.32 bits per heavy atom. The molecule has 0 spiro atoms. The molecule has 0 aliphatic heterocycles. The molecule has 0 aliphatic rings. The van der Waals surface area contributed by atoms with Gasteiger partial charge < -0.3 is 10.1 Å². The summed E-state index contributed by atoms with van der Waals surface area (Å²) in [6.45, 7) is 9.40. The van der Waals surface area contributed by atoms with Crippen LogP contribution in [0.1, 0.15) is 38.3 Å². The van der Waals surface area contributed by atoms with Gasteiger partial charge in [0.1, 0.15) is 0 Å². The van der Waals surface area contributed by atoms with Crippen LogP contribution in [-0.2, 0) is 11.3 Å². The first-order valence-electron chi connectivity index (χ1n) is 7.17. The van der Waals surface area contributed by atoms with Gasteiger partial charge in [0, 0.05) is 13.7 Å². The second kappa shape index (κ2) is 8.89. The van der Waals surface area contributed by atoms with E-state index in [1.54, 1.807) is 7.11 Å². The molecule has 0 radical (unpaired) electrons. The van der Waals surface area contributed by atoms with Gasteiger partial charge in [-0.3, -0.25) is 0 Å². The predicted octanol–water partition coefficient (Wildman–Crippen LogP) is 3.87. The first kappa shape index (κ1) is 15.9. The second-order valence-electron chi connectivity index (χ2n) is 5.18. The lowest BCUT2D eigenvalue weighted by Gasteiger charge is -2.14. The molecule has 2 heteroatoms. The molecule has 0 saturated carbocycles. The second-order valence-corrected chi connectivity index (χ2v) is 5.18. The van der Waals surface area contributed by atoms with Gasteiger partial charge in [-0.1, -0.05) is 56.7 Å². The number of hydrogen-bond acceptors (Lipinski definition) is 2. The van der Waals surface area contributed by atoms with Crippen molar-refractivity contribution in [3.05, 3.63) is 41.0 Å². The maximum Gasteiger partial charge on any atom is 0.0718 e. The van der Waals surface area contributed by atoms with Crippen LogP contribution in [-0.4, -0.2) is 20.2 Å². The van der Waals surface area contributed by atoms with Gasteiger partial charge in [-0.15, -0.1) is 0 Å². The summed E-state index contributed by atoms with van der Waals surface area (Å²) in [6.07, 6.45) is 3.48. The molecule has 0 atom stereocenters. The van der Waals surface area contributed by atoms with E-state index in [0.29, 0.717) is 12.5 Å². The molecule has 1 N–H and O–H groups in total. The van der Waals surface area contributed by atoms with Crippen LogP contribution in [0.15, 0.2) is 29.8 Å². The van der Waals surface area contributed by atoms with Crippen molar-refractivity contribution in [3.63, 3.8) is 0 Å². The summed E-state index contributed by atoms with van der Waals surface area (Å²) in [6, 6.07) is 8.45. The molecular weight excluding hydrogens is 234 g/mol. The zero-order chi connectivity index (χ0) is 14.1. The van der Waals surface area contributed by atoms with Gasteiger partial charge in [-0.25, -0.2) is 0 Å². The minimum atomic E-state index is 0.556. The van der Waals surface area contributed by atoms with Crippen LogP contribution in [0.5, 0.6) is 0 Å². The lowest BCUT2D eigenvalue weighted by atomic mass is 9.98. The van der Waals surface area contributed by atoms with Crippen LogP contribution < -0.4 is 5.32 Å². The molecule has 0 aliphatic carbocycles. The average molecular weight is 261 g/mol. The van der Waals surface area contributed by atoms with Gasteiger partial charge >= 0.3 is 0 Å². The minimum absolute atomic E-state index is 0.556. The Labute approximate surface area is 117 Å². The molecule has 19 heavy (non-hydrogen) atoms. The highest BCUT2D eigenvalue weighted by atomic mass is 16.5. The summed E-state index contributed by atoms with van der Waals surface area (Å²) in [5.74, 6) is 0.556. The van der Waals surface area contributed by atoms with Crippen molar-refractivity contribution in [3.8, 4) is 0 Å². The van der Waals surface area contributed by atoms with Gasteiger partial charge in [-0.2, -0.15) is 0 Å². The third-order valence-electron chi connectivity index (χ3n) is 3.19. The predicted molar refractivity (Wildman–Crippen MR) is 83.1 cm³/mol. The molecule has 2 nitrogen and oxygen atoms in total. The number of benzene rings is 1. The highest BCUT2D eigenvalue weighted by Crippen LogP contribution is 2.18. The Morgan fingerprint density at radius 3 is 2.68 bits per heavy atom. The molecule has 106 valence electrons. The maximum atomic E-state index is 5.26. The van der Waals surface area contributed by atoms with E-state index in [1.807, 2.05) is 0 Å². The van der Waals surface area contributed by atoms with Crippen molar-refractivity contribution in [1.29, 1.82) is 0 Å². The van der Waals surface area contributed by atoms with Crippen LogP contribution in [0.4, 0.5) is 0 Å². The van der Waals surface area contributed by atoms with Crippen molar-refractivity contribution in [2.45, 2.75) is 33.8 Å². The molecule has 0 fully saturated rings. The minimum Gasteiger partial charge on any atom is -0.380 e. The molecule has 0 heterocycles. The maximum absolute atomic E-state index is 5.26. The molecule has 0 bridgehead atoms. The molecule has 0 amide bonds. The van der Waals surface area contributed by atoms with E-state index in [1.165, 1.54) is 23.1 Å². The fraction of sp³-hybridized carbons (Fsp3) is 0.529. The quantitative estimate of drug-likeness (QED) is 0.717. The largest absolute Gasteiger partial charge is 0.380 e. The number of nitrogens with one attached hydrogen (secondary N) is 1. The van der Waals surface area contributed by atoms with Crippen LogP contribution in [0.3, 0.4) is 0 Å². The molecule has 0 unspecified atom stereocenters. The van der Waals surface area contributed by atoms with E-state index in [2.05, 4.69) is 56.4 Å². The van der Waals surface area contributed by atoms with Gasteiger partial charge in [0.15, 0.2) is 0 Å². The summed E-state index contributed by atoms with van der Waals surface area (Å²) in [4.78, 5) is 0. The van der Waals surface area contributed by atoms with Crippen LogP contribution >= 0.6 is 0 Å². The van der Waals surface area contributed by atoms with Crippen molar-refractivity contribution < 1.29 is 4.74 Å². The lowest BCUT2D eigenvalue weighted by Crippen LogP contribution is -2.20. The monoisotopic (exact) mass is 261 g/mol. The highest BCUT2D eigenvalue weighted by Gasteiger charge is 2.05. The fourth-order valence-electron chi connectivity index (χ4n) is 1.99. The van der Waals surface area contributed by atoms with Crippen LogP contribution in [0.2, 0.25) is 0 Å². The van der Waals surface area contributed by atoms with Crippen molar-refractivity contribution in [2.75, 3.05) is 20.2 Å². The van der Waals surface area contributed by atoms with Gasteiger partial charge in [0.25, 0.3) is 0 Å². The van der Waals surface area contributed by atoms with Crippen molar-refractivity contribution in [1.82, 2.24) is 5.32 Å². The summed E-state index contributed by atoms with van der Waals surface area (Å²) in [7, 11) is 1.74. The molecule has 0 saturated heterocycles. The van der Waals surface area contributed by atoms with Crippen LogP contribution in [0.25, 0.3) is 6.08 Å². The Hall–Kier alpha value is -1.12. The topological polar surface area (TPSA) is 21.3 Å². The highest BCUT2D eigenvalue weighted by molar-refractivity contribution is 5.57. The number of ether oxygens (including phenoxy) is 1. The number of rotatable bonds is 8. The summed E-state index contributed by atoms with van der Waals surface area (Å²) >= 11 is 0. The summed E-state index contributed by atoms with van der Waals surface area (Å²) < 4.78 is 5.26. The van der Waals surface area contributed by atoms with Gasteiger partial charge in [0.2, 0.25) is 0 Å². The SMILES string of the molecule is CCCNCC(=Cc1ccccc1COC)C(C)C. The van der Waals surface area contributed by atoms with E-state index in [4.69, 9.17) is 4.74 Å². The van der Waals surface area contributed by atoms with E-state index in [9.17, 15) is 0 Å². The van der Waals surface area contributed by atoms with Gasteiger partial charge in [0.05, 0.1) is 6.61 Å². The Kier molecular flexibility index (Phi) is 7.46. The number of hydrogen-bond donors (Lipinski definition) is 1. The molecule has 1 aromatic rings. The fourth-order valence-corrected chi connectivity index (χ4v) is 1.99. The van der Waals surface area contributed by atoms with E-state index in [0.717, 1.165) is 13.1 Å². The van der Waals surface area contributed by atoms with E-state index in [-0.39, 0.29) is 0 Å². The molecule has 1 aromatic carbocycles. The van der Waals surface area contributed by atoms with Gasteiger partial charge in [-0.05, 0) is 30.0 Å². The standard InChI is InChI=1S/C17H27NO/c1-5-10-18-12-17(14(2)3)11-15-8-6-7-9-16(15)13-19-4/h6-9,11,14,18H,5,10,12-13H2,1-4H3. The number of methoxy groups -OCH3 is 1. The Balaban J connectivity index is 2.88. The molecular formula is C17H27NO.